The molecule has 0 aliphatic heterocycles. The van der Waals surface area contributed by atoms with Crippen molar-refractivity contribution in [1.29, 1.82) is 0 Å². The molecule has 3 heteroatoms. The van der Waals surface area contributed by atoms with E-state index < -0.39 is 9.28 Å². The van der Waals surface area contributed by atoms with E-state index in [1.165, 1.54) is 0 Å². The van der Waals surface area contributed by atoms with Crippen LogP contribution in [0, 0.1) is 0 Å². The van der Waals surface area contributed by atoms with Crippen LogP contribution in [-0.2, 0) is 8.85 Å². The van der Waals surface area contributed by atoms with Crippen molar-refractivity contribution in [3.63, 3.8) is 0 Å². The van der Waals surface area contributed by atoms with Crippen molar-refractivity contribution in [3.05, 3.63) is 0 Å². The molecular formula is C7H18O2Si. The molecule has 0 aromatic rings. The molecule has 0 aromatic carbocycles. The van der Waals surface area contributed by atoms with Gasteiger partial charge in [0.15, 0.2) is 0 Å². The summed E-state index contributed by atoms with van der Waals surface area (Å²) in [4.78, 5) is 0. The molecule has 0 aromatic heterocycles. The van der Waals surface area contributed by atoms with Gasteiger partial charge >= 0.3 is 9.28 Å². The van der Waals surface area contributed by atoms with Crippen molar-refractivity contribution in [2.24, 2.45) is 0 Å². The highest BCUT2D eigenvalue weighted by Crippen LogP contribution is 2.04. The normalized spacial score (nSPS) is 14.1. The van der Waals surface area contributed by atoms with Crippen LogP contribution in [0.2, 0.25) is 6.55 Å². The van der Waals surface area contributed by atoms with E-state index in [1.807, 2.05) is 0 Å². The zero-order chi connectivity index (χ0) is 7.98. The molecular weight excluding hydrogens is 144 g/mol. The Morgan fingerprint density at radius 1 is 1.30 bits per heavy atom. The fraction of sp³-hybridized carbons (Fsp3) is 1.00. The maximum Gasteiger partial charge on any atom is 0.318 e. The molecule has 0 saturated heterocycles. The number of rotatable bonds is 5. The Kier molecular flexibility index (Phi) is 5.97. The lowest BCUT2D eigenvalue weighted by Gasteiger charge is -2.17. The number of hydrogen-bond acceptors (Lipinski definition) is 2. The predicted octanol–water partition coefficient (Wildman–Crippen LogP) is 1.69. The Bertz CT molecular complexity index is 74.0. The first-order valence-corrected chi connectivity index (χ1v) is 6.02. The molecule has 0 heterocycles. The molecule has 1 unspecified atom stereocenters. The van der Waals surface area contributed by atoms with E-state index in [4.69, 9.17) is 8.85 Å². The first-order valence-electron chi connectivity index (χ1n) is 3.92. The summed E-state index contributed by atoms with van der Waals surface area (Å²) >= 11 is 0. The van der Waals surface area contributed by atoms with Crippen molar-refractivity contribution in [2.75, 3.05) is 7.11 Å². The van der Waals surface area contributed by atoms with Crippen LogP contribution in [0.4, 0.5) is 0 Å². The summed E-state index contributed by atoms with van der Waals surface area (Å²) in [6.45, 7) is 6.34. The SMILES string of the molecule is CCC(CC)O[SiH](C)OC. The van der Waals surface area contributed by atoms with Crippen LogP contribution in [0.15, 0.2) is 0 Å². The third-order valence-electron chi connectivity index (χ3n) is 1.63. The summed E-state index contributed by atoms with van der Waals surface area (Å²) in [5.41, 5.74) is 0. The van der Waals surface area contributed by atoms with E-state index in [0.717, 1.165) is 12.8 Å². The van der Waals surface area contributed by atoms with Gasteiger partial charge < -0.3 is 8.85 Å². The van der Waals surface area contributed by atoms with Gasteiger partial charge in [-0.05, 0) is 19.4 Å². The minimum atomic E-state index is -1.27. The highest BCUT2D eigenvalue weighted by Gasteiger charge is 2.09. The Morgan fingerprint density at radius 3 is 2.10 bits per heavy atom. The van der Waals surface area contributed by atoms with Crippen molar-refractivity contribution in [3.8, 4) is 0 Å². The maximum atomic E-state index is 5.61. The molecule has 10 heavy (non-hydrogen) atoms. The van der Waals surface area contributed by atoms with Crippen LogP contribution in [0.5, 0.6) is 0 Å². The number of hydrogen-bond donors (Lipinski definition) is 0. The Labute approximate surface area is 65.4 Å². The van der Waals surface area contributed by atoms with E-state index in [2.05, 4.69) is 20.4 Å². The van der Waals surface area contributed by atoms with Crippen molar-refractivity contribution < 1.29 is 8.85 Å². The second-order valence-corrected chi connectivity index (χ2v) is 4.26. The van der Waals surface area contributed by atoms with Crippen molar-refractivity contribution >= 4 is 9.28 Å². The Morgan fingerprint density at radius 2 is 1.80 bits per heavy atom. The van der Waals surface area contributed by atoms with Gasteiger partial charge in [0.1, 0.15) is 0 Å². The van der Waals surface area contributed by atoms with E-state index in [-0.39, 0.29) is 0 Å². The average Bonchev–Trinajstić information content (AvgIpc) is 1.99. The summed E-state index contributed by atoms with van der Waals surface area (Å²) in [7, 11) is 0.447. The summed E-state index contributed by atoms with van der Waals surface area (Å²) in [6.07, 6.45) is 2.61. The van der Waals surface area contributed by atoms with Crippen LogP contribution >= 0.6 is 0 Å². The molecule has 1 atom stereocenters. The van der Waals surface area contributed by atoms with Crippen LogP contribution < -0.4 is 0 Å². The highest BCUT2D eigenvalue weighted by molar-refractivity contribution is 6.42. The smallest absolute Gasteiger partial charge is 0.318 e. The average molecular weight is 162 g/mol. The lowest BCUT2D eigenvalue weighted by Crippen LogP contribution is -2.23. The summed E-state index contributed by atoms with van der Waals surface area (Å²) in [5, 5.41) is 0. The van der Waals surface area contributed by atoms with Gasteiger partial charge in [-0.1, -0.05) is 13.8 Å². The fourth-order valence-electron chi connectivity index (χ4n) is 0.808. The molecule has 0 bridgehead atoms. The second-order valence-electron chi connectivity index (χ2n) is 2.38. The molecule has 0 amide bonds. The first kappa shape index (κ1) is 10.1. The minimum absolute atomic E-state index is 0.418. The Balaban J connectivity index is 3.41. The summed E-state index contributed by atoms with van der Waals surface area (Å²) < 4.78 is 10.7. The van der Waals surface area contributed by atoms with E-state index in [9.17, 15) is 0 Å². The molecule has 0 radical (unpaired) electrons. The quantitative estimate of drug-likeness (QED) is 0.573. The van der Waals surface area contributed by atoms with Crippen LogP contribution in [-0.4, -0.2) is 22.5 Å². The topological polar surface area (TPSA) is 18.5 Å². The van der Waals surface area contributed by atoms with Gasteiger partial charge in [0.2, 0.25) is 0 Å². The third-order valence-corrected chi connectivity index (χ3v) is 3.06. The van der Waals surface area contributed by atoms with Gasteiger partial charge in [-0.25, -0.2) is 0 Å². The summed E-state index contributed by atoms with van der Waals surface area (Å²) in [6, 6.07) is 0. The van der Waals surface area contributed by atoms with E-state index in [0.29, 0.717) is 6.10 Å². The van der Waals surface area contributed by atoms with E-state index >= 15 is 0 Å². The lowest BCUT2D eigenvalue weighted by atomic mass is 10.2. The van der Waals surface area contributed by atoms with Crippen LogP contribution in [0.1, 0.15) is 26.7 Å². The highest BCUT2D eigenvalue weighted by atomic mass is 28.3. The molecule has 0 spiro atoms. The molecule has 0 rings (SSSR count). The van der Waals surface area contributed by atoms with E-state index in [1.54, 1.807) is 7.11 Å². The van der Waals surface area contributed by atoms with Gasteiger partial charge in [0.25, 0.3) is 0 Å². The Hall–Kier alpha value is 0.137. The molecule has 0 aliphatic carbocycles. The predicted molar refractivity (Wildman–Crippen MR) is 45.5 cm³/mol. The van der Waals surface area contributed by atoms with Crippen LogP contribution in [0.3, 0.4) is 0 Å². The molecule has 0 N–H and O–H groups in total. The maximum absolute atomic E-state index is 5.61. The molecule has 0 saturated carbocycles. The molecule has 0 fully saturated rings. The first-order chi connectivity index (χ1) is 4.74. The fourth-order valence-corrected chi connectivity index (χ4v) is 1.85. The van der Waals surface area contributed by atoms with Gasteiger partial charge in [-0.2, -0.15) is 0 Å². The monoisotopic (exact) mass is 162 g/mol. The zero-order valence-corrected chi connectivity index (χ0v) is 8.54. The van der Waals surface area contributed by atoms with Gasteiger partial charge in [-0.15, -0.1) is 0 Å². The lowest BCUT2D eigenvalue weighted by molar-refractivity contribution is 0.148. The van der Waals surface area contributed by atoms with Crippen molar-refractivity contribution in [1.82, 2.24) is 0 Å². The summed E-state index contributed by atoms with van der Waals surface area (Å²) in [5.74, 6) is 0. The largest absolute Gasteiger partial charge is 0.400 e. The second kappa shape index (κ2) is 5.89. The molecule has 62 valence electrons. The van der Waals surface area contributed by atoms with Crippen molar-refractivity contribution in [2.45, 2.75) is 39.3 Å². The molecule has 2 nitrogen and oxygen atoms in total. The molecule has 0 aliphatic rings. The minimum Gasteiger partial charge on any atom is -0.400 e. The standard InChI is InChI=1S/C7H18O2Si/c1-5-7(6-2)9-10(4)8-3/h7,10H,5-6H2,1-4H3. The van der Waals surface area contributed by atoms with Gasteiger partial charge in [0.05, 0.1) is 0 Å². The van der Waals surface area contributed by atoms with Crippen LogP contribution in [0.25, 0.3) is 0 Å². The third kappa shape index (κ3) is 4.03. The zero-order valence-electron chi connectivity index (χ0n) is 7.39. The van der Waals surface area contributed by atoms with Gasteiger partial charge in [-0.3, -0.25) is 0 Å². The van der Waals surface area contributed by atoms with Gasteiger partial charge in [0, 0.05) is 13.2 Å².